The van der Waals surface area contributed by atoms with Crippen LogP contribution in [0.3, 0.4) is 0 Å². The second-order valence-corrected chi connectivity index (χ2v) is 2.69. The minimum absolute atomic E-state index is 0.248. The number of carbonyl (C=O) groups is 1. The molecule has 3 heteroatoms. The number of hydrogen-bond acceptors (Lipinski definition) is 3. The quantitative estimate of drug-likeness (QED) is 0.532. The number of carbonyl (C=O) groups excluding carboxylic acids is 1. The number of methoxy groups -OCH3 is 2. The van der Waals surface area contributed by atoms with E-state index in [2.05, 4.69) is 4.74 Å². The van der Waals surface area contributed by atoms with Gasteiger partial charge < -0.3 is 9.47 Å². The van der Waals surface area contributed by atoms with E-state index in [4.69, 9.17) is 4.74 Å². The van der Waals surface area contributed by atoms with Crippen LogP contribution >= 0.6 is 0 Å². The number of rotatable bonds is 2. The molecule has 2 unspecified atom stereocenters. The summed E-state index contributed by atoms with van der Waals surface area (Å²) in [4.78, 5) is 11.0. The number of esters is 1. The van der Waals surface area contributed by atoms with Gasteiger partial charge in [0.15, 0.2) is 5.60 Å². The van der Waals surface area contributed by atoms with Crippen LogP contribution in [0.4, 0.5) is 0 Å². The number of hydrogen-bond donors (Lipinski definition) is 0. The van der Waals surface area contributed by atoms with Crippen LogP contribution in [0.5, 0.6) is 0 Å². The third-order valence-electron chi connectivity index (χ3n) is 2.14. The highest BCUT2D eigenvalue weighted by Crippen LogP contribution is 2.46. The van der Waals surface area contributed by atoms with Crippen molar-refractivity contribution in [1.82, 2.24) is 0 Å². The Morgan fingerprint density at radius 1 is 1.60 bits per heavy atom. The van der Waals surface area contributed by atoms with Gasteiger partial charge in [-0.15, -0.1) is 0 Å². The van der Waals surface area contributed by atoms with Gasteiger partial charge in [0, 0.05) is 7.11 Å². The van der Waals surface area contributed by atoms with Gasteiger partial charge in [0.25, 0.3) is 0 Å². The first-order chi connectivity index (χ1) is 4.67. The van der Waals surface area contributed by atoms with E-state index < -0.39 is 5.60 Å². The van der Waals surface area contributed by atoms with Gasteiger partial charge in [0.05, 0.1) is 7.11 Å². The van der Waals surface area contributed by atoms with Crippen LogP contribution in [0, 0.1) is 5.92 Å². The van der Waals surface area contributed by atoms with Gasteiger partial charge in [-0.3, -0.25) is 0 Å². The lowest BCUT2D eigenvalue weighted by Crippen LogP contribution is -2.28. The fraction of sp³-hybridized carbons (Fsp3) is 0.857. The minimum atomic E-state index is -0.602. The molecule has 2 atom stereocenters. The summed E-state index contributed by atoms with van der Waals surface area (Å²) in [5, 5.41) is 0. The lowest BCUT2D eigenvalue weighted by molar-refractivity contribution is -0.156. The molecule has 0 aromatic heterocycles. The van der Waals surface area contributed by atoms with E-state index in [9.17, 15) is 4.79 Å². The second kappa shape index (κ2) is 2.23. The van der Waals surface area contributed by atoms with Crippen molar-refractivity contribution in [2.45, 2.75) is 18.9 Å². The Bertz CT molecular complexity index is 151. The molecule has 1 rings (SSSR count). The predicted molar refractivity (Wildman–Crippen MR) is 35.5 cm³/mol. The smallest absolute Gasteiger partial charge is 0.338 e. The van der Waals surface area contributed by atoms with E-state index in [-0.39, 0.29) is 5.97 Å². The molecular weight excluding hydrogens is 132 g/mol. The molecular formula is C7H12O3. The highest BCUT2D eigenvalue weighted by Gasteiger charge is 2.59. The van der Waals surface area contributed by atoms with Gasteiger partial charge in [-0.25, -0.2) is 4.79 Å². The van der Waals surface area contributed by atoms with Crippen LogP contribution in [-0.4, -0.2) is 25.8 Å². The fourth-order valence-electron chi connectivity index (χ4n) is 1.22. The lowest BCUT2D eigenvalue weighted by atomic mass is 10.3. The molecule has 0 aromatic carbocycles. The van der Waals surface area contributed by atoms with Crippen molar-refractivity contribution in [1.29, 1.82) is 0 Å². The highest BCUT2D eigenvalue weighted by atomic mass is 16.6. The van der Waals surface area contributed by atoms with Crippen molar-refractivity contribution in [2.75, 3.05) is 14.2 Å². The van der Waals surface area contributed by atoms with Crippen LogP contribution in [-0.2, 0) is 14.3 Å². The van der Waals surface area contributed by atoms with E-state index >= 15 is 0 Å². The van der Waals surface area contributed by atoms with Gasteiger partial charge in [0.2, 0.25) is 0 Å². The van der Waals surface area contributed by atoms with Crippen LogP contribution in [0.25, 0.3) is 0 Å². The monoisotopic (exact) mass is 144 g/mol. The zero-order valence-electron chi connectivity index (χ0n) is 6.51. The summed E-state index contributed by atoms with van der Waals surface area (Å²) in [6, 6.07) is 0. The molecule has 0 radical (unpaired) electrons. The van der Waals surface area contributed by atoms with E-state index in [1.54, 1.807) is 7.11 Å². The summed E-state index contributed by atoms with van der Waals surface area (Å²) in [6.45, 7) is 1.97. The lowest BCUT2D eigenvalue weighted by Gasteiger charge is -2.10. The Morgan fingerprint density at radius 3 is 2.20 bits per heavy atom. The van der Waals surface area contributed by atoms with Crippen LogP contribution in [0.1, 0.15) is 13.3 Å². The fourth-order valence-corrected chi connectivity index (χ4v) is 1.22. The highest BCUT2D eigenvalue weighted by molar-refractivity contribution is 5.83. The predicted octanol–water partition coefficient (Wildman–Crippen LogP) is 0.584. The summed E-state index contributed by atoms with van der Waals surface area (Å²) < 4.78 is 9.61. The molecule has 0 saturated heterocycles. The first-order valence-electron chi connectivity index (χ1n) is 3.31. The van der Waals surface area contributed by atoms with E-state index in [0.717, 1.165) is 6.42 Å². The van der Waals surface area contributed by atoms with Gasteiger partial charge in [-0.2, -0.15) is 0 Å². The molecule has 3 nitrogen and oxygen atoms in total. The summed E-state index contributed by atoms with van der Waals surface area (Å²) >= 11 is 0. The first kappa shape index (κ1) is 7.54. The van der Waals surface area contributed by atoms with Crippen LogP contribution in [0.15, 0.2) is 0 Å². The zero-order chi connectivity index (χ0) is 7.78. The summed E-state index contributed by atoms with van der Waals surface area (Å²) in [7, 11) is 2.93. The maximum atomic E-state index is 11.0. The average Bonchev–Trinajstić information content (AvgIpc) is 2.61. The average molecular weight is 144 g/mol. The molecule has 0 heterocycles. The zero-order valence-corrected chi connectivity index (χ0v) is 6.51. The third kappa shape index (κ3) is 0.814. The van der Waals surface area contributed by atoms with Crippen molar-refractivity contribution < 1.29 is 14.3 Å². The van der Waals surface area contributed by atoms with E-state index in [1.165, 1.54) is 7.11 Å². The van der Waals surface area contributed by atoms with Crippen molar-refractivity contribution in [2.24, 2.45) is 5.92 Å². The molecule has 1 aliphatic rings. The molecule has 58 valence electrons. The van der Waals surface area contributed by atoms with Crippen molar-refractivity contribution >= 4 is 5.97 Å². The Balaban J connectivity index is 2.60. The Kier molecular flexibility index (Phi) is 1.68. The van der Waals surface area contributed by atoms with Gasteiger partial charge in [0.1, 0.15) is 0 Å². The standard InChI is InChI=1S/C7H12O3/c1-5-4-7(5,10-3)6(8)9-2/h5H,4H2,1-3H3. The summed E-state index contributed by atoms with van der Waals surface area (Å²) in [5.41, 5.74) is -0.602. The van der Waals surface area contributed by atoms with Crippen LogP contribution in [0.2, 0.25) is 0 Å². The topological polar surface area (TPSA) is 35.5 Å². The van der Waals surface area contributed by atoms with Gasteiger partial charge in [-0.1, -0.05) is 6.92 Å². The normalized spacial score (nSPS) is 37.3. The number of ether oxygens (including phenoxy) is 2. The molecule has 0 bridgehead atoms. The Labute approximate surface area is 60.3 Å². The molecule has 1 aliphatic carbocycles. The minimum Gasteiger partial charge on any atom is -0.467 e. The Hall–Kier alpha value is -0.570. The molecule has 1 saturated carbocycles. The molecule has 1 fully saturated rings. The Morgan fingerprint density at radius 2 is 2.10 bits per heavy atom. The molecule has 0 amide bonds. The maximum absolute atomic E-state index is 11.0. The summed E-state index contributed by atoms with van der Waals surface area (Å²) in [5.74, 6) is 0.0625. The van der Waals surface area contributed by atoms with E-state index in [1.807, 2.05) is 6.92 Å². The summed E-state index contributed by atoms with van der Waals surface area (Å²) in [6.07, 6.45) is 0.788. The largest absolute Gasteiger partial charge is 0.467 e. The first-order valence-corrected chi connectivity index (χ1v) is 3.31. The molecule has 0 aromatic rings. The third-order valence-corrected chi connectivity index (χ3v) is 2.14. The van der Waals surface area contributed by atoms with Crippen molar-refractivity contribution in [3.05, 3.63) is 0 Å². The van der Waals surface area contributed by atoms with Crippen molar-refractivity contribution in [3.63, 3.8) is 0 Å². The van der Waals surface area contributed by atoms with E-state index in [0.29, 0.717) is 5.92 Å². The second-order valence-electron chi connectivity index (χ2n) is 2.69. The molecule has 0 aliphatic heterocycles. The van der Waals surface area contributed by atoms with Crippen LogP contribution < -0.4 is 0 Å². The maximum Gasteiger partial charge on any atom is 0.338 e. The molecule has 10 heavy (non-hydrogen) atoms. The van der Waals surface area contributed by atoms with Crippen molar-refractivity contribution in [3.8, 4) is 0 Å². The van der Waals surface area contributed by atoms with Gasteiger partial charge >= 0.3 is 5.97 Å². The molecule has 0 spiro atoms. The van der Waals surface area contributed by atoms with Gasteiger partial charge in [-0.05, 0) is 12.3 Å². The SMILES string of the molecule is COC(=O)C1(OC)CC1C. The molecule has 0 N–H and O–H groups in total.